The molecular weight excluding hydrogens is 328 g/mol. The number of aromatic nitrogens is 4. The van der Waals surface area contributed by atoms with E-state index in [1.807, 2.05) is 13.0 Å². The third-order valence-corrected chi connectivity index (χ3v) is 3.78. The van der Waals surface area contributed by atoms with Gasteiger partial charge in [-0.3, -0.25) is 0 Å². The number of hydrogen-bond donors (Lipinski definition) is 1. The van der Waals surface area contributed by atoms with Gasteiger partial charge in [0.15, 0.2) is 11.6 Å². The Bertz CT molecular complexity index is 768. The van der Waals surface area contributed by atoms with Gasteiger partial charge in [0.2, 0.25) is 5.13 Å². The maximum atomic E-state index is 12.0. The predicted molar refractivity (Wildman–Crippen MR) is 88.9 cm³/mol. The largest absolute Gasteiger partial charge is 0.444 e. The van der Waals surface area contributed by atoms with Crippen LogP contribution in [0, 0.1) is 11.3 Å². The first-order chi connectivity index (χ1) is 11.2. The van der Waals surface area contributed by atoms with Crippen LogP contribution in [-0.2, 0) is 11.2 Å². The Morgan fingerprint density at radius 2 is 2.25 bits per heavy atom. The van der Waals surface area contributed by atoms with E-state index < -0.39 is 17.7 Å². The molecule has 128 valence electrons. The van der Waals surface area contributed by atoms with Gasteiger partial charge in [0.1, 0.15) is 16.5 Å². The highest BCUT2D eigenvalue weighted by molar-refractivity contribution is 7.14. The molecule has 2 heterocycles. The van der Waals surface area contributed by atoms with E-state index in [0.29, 0.717) is 28.1 Å². The summed E-state index contributed by atoms with van der Waals surface area (Å²) in [4.78, 5) is 21.1. The van der Waals surface area contributed by atoms with Crippen molar-refractivity contribution in [2.75, 3.05) is 0 Å². The second kappa shape index (κ2) is 6.97. The number of nitrogens with zero attached hydrogens (tertiary/aromatic N) is 5. The molecule has 1 N–H and O–H groups in total. The van der Waals surface area contributed by atoms with E-state index in [4.69, 9.17) is 10.00 Å². The number of carbonyl (C=O) groups excluding carboxylic acids is 1. The molecule has 0 aromatic carbocycles. The molecule has 2 rings (SSSR count). The predicted octanol–water partition coefficient (Wildman–Crippen LogP) is 2.74. The number of nitrogens with one attached hydrogen (secondary N) is 1. The Kier molecular flexibility index (Phi) is 5.19. The normalized spacial score (nSPS) is 12.5. The lowest BCUT2D eigenvalue weighted by atomic mass is 10.2. The summed E-state index contributed by atoms with van der Waals surface area (Å²) in [6.45, 7) is 9.14. The number of amides is 1. The molecule has 0 radical (unpaired) electrons. The minimum absolute atomic E-state index is 0.429. The zero-order valence-corrected chi connectivity index (χ0v) is 15.1. The summed E-state index contributed by atoms with van der Waals surface area (Å²) >= 11 is 1.21. The zero-order valence-electron chi connectivity index (χ0n) is 14.3. The molecule has 0 saturated heterocycles. The lowest BCUT2D eigenvalue weighted by Gasteiger charge is -2.21. The molecule has 0 aliphatic carbocycles. The zero-order chi connectivity index (χ0) is 17.9. The summed E-state index contributed by atoms with van der Waals surface area (Å²) in [5, 5.41) is 16.6. The number of thiazole rings is 1. The molecule has 8 nitrogen and oxygen atoms in total. The molecule has 24 heavy (non-hydrogen) atoms. The Balaban J connectivity index is 2.27. The summed E-state index contributed by atoms with van der Waals surface area (Å²) in [5.41, 5.74) is -0.580. The average molecular weight is 348 g/mol. The third kappa shape index (κ3) is 4.29. The lowest BCUT2D eigenvalue weighted by Crippen LogP contribution is -2.34. The molecule has 2 aromatic rings. The summed E-state index contributed by atoms with van der Waals surface area (Å²) in [7, 11) is 0. The van der Waals surface area contributed by atoms with Gasteiger partial charge in [0, 0.05) is 6.42 Å². The second-order valence-corrected chi connectivity index (χ2v) is 7.15. The topological polar surface area (TPSA) is 106 Å². The average Bonchev–Trinajstić information content (AvgIpc) is 3.11. The van der Waals surface area contributed by atoms with Crippen molar-refractivity contribution in [2.24, 2.45) is 0 Å². The van der Waals surface area contributed by atoms with Crippen molar-refractivity contribution in [3.8, 4) is 11.2 Å². The van der Waals surface area contributed by atoms with Crippen LogP contribution >= 0.6 is 11.3 Å². The fourth-order valence-corrected chi connectivity index (χ4v) is 2.58. The molecule has 0 spiro atoms. The molecule has 0 unspecified atom stereocenters. The molecule has 2 aromatic heterocycles. The van der Waals surface area contributed by atoms with Crippen LogP contribution in [0.2, 0.25) is 0 Å². The smallest absolute Gasteiger partial charge is 0.408 e. The van der Waals surface area contributed by atoms with Gasteiger partial charge in [-0.15, -0.1) is 5.10 Å². The first kappa shape index (κ1) is 17.9. The molecule has 0 aliphatic rings. The van der Waals surface area contributed by atoms with Crippen LogP contribution in [0.3, 0.4) is 0 Å². The summed E-state index contributed by atoms with van der Waals surface area (Å²) in [5.74, 6) is 1.17. The van der Waals surface area contributed by atoms with E-state index in [9.17, 15) is 4.79 Å². The molecule has 1 atom stereocenters. The van der Waals surface area contributed by atoms with Crippen LogP contribution in [-0.4, -0.2) is 31.4 Å². The van der Waals surface area contributed by atoms with Crippen molar-refractivity contribution < 1.29 is 9.53 Å². The molecular formula is C15H20N6O2S. The lowest BCUT2D eigenvalue weighted by molar-refractivity contribution is 0.0505. The van der Waals surface area contributed by atoms with Crippen molar-refractivity contribution in [3.05, 3.63) is 22.7 Å². The molecule has 9 heteroatoms. The number of ether oxygens (including phenoxy) is 1. The second-order valence-electron chi connectivity index (χ2n) is 6.14. The van der Waals surface area contributed by atoms with E-state index in [0.717, 1.165) is 0 Å². The number of carbonyl (C=O) groups is 1. The van der Waals surface area contributed by atoms with E-state index >= 15 is 0 Å². The number of hydrogen-bond acceptors (Lipinski definition) is 7. The van der Waals surface area contributed by atoms with Gasteiger partial charge in [-0.05, 0) is 27.7 Å². The van der Waals surface area contributed by atoms with E-state index in [-0.39, 0.29) is 0 Å². The number of alkyl carbamates (subject to hydrolysis) is 1. The molecule has 0 bridgehead atoms. The molecule has 0 saturated carbocycles. The van der Waals surface area contributed by atoms with Gasteiger partial charge >= 0.3 is 6.09 Å². The highest BCUT2D eigenvalue weighted by atomic mass is 32.1. The first-order valence-electron chi connectivity index (χ1n) is 7.55. The van der Waals surface area contributed by atoms with Crippen molar-refractivity contribution in [3.63, 3.8) is 0 Å². The SMILES string of the molecule is CCc1nc([C@H](C)NC(=O)OC(C)(C)C)n(-c2ncc(C#N)s2)n1. The van der Waals surface area contributed by atoms with Crippen molar-refractivity contribution in [1.82, 2.24) is 25.1 Å². The maximum absolute atomic E-state index is 12.0. The van der Waals surface area contributed by atoms with Crippen LogP contribution in [0.15, 0.2) is 6.20 Å². The summed E-state index contributed by atoms with van der Waals surface area (Å²) in [6.07, 6.45) is 1.61. The maximum Gasteiger partial charge on any atom is 0.408 e. The van der Waals surface area contributed by atoms with E-state index in [2.05, 4.69) is 20.4 Å². The Hall–Kier alpha value is -2.47. The minimum atomic E-state index is -0.580. The van der Waals surface area contributed by atoms with Gasteiger partial charge in [-0.25, -0.2) is 14.8 Å². The minimum Gasteiger partial charge on any atom is -0.444 e. The third-order valence-electron chi connectivity index (χ3n) is 2.90. The van der Waals surface area contributed by atoms with Crippen LogP contribution in [0.5, 0.6) is 0 Å². The first-order valence-corrected chi connectivity index (χ1v) is 8.36. The Labute approximate surface area is 144 Å². The van der Waals surface area contributed by atoms with Crippen molar-refractivity contribution in [2.45, 2.75) is 52.7 Å². The fraction of sp³-hybridized carbons (Fsp3) is 0.533. The molecule has 1 amide bonds. The van der Waals surface area contributed by atoms with Gasteiger partial charge in [-0.2, -0.15) is 9.94 Å². The van der Waals surface area contributed by atoms with E-state index in [1.165, 1.54) is 17.5 Å². The Morgan fingerprint density at radius 3 is 2.79 bits per heavy atom. The summed E-state index contributed by atoms with van der Waals surface area (Å²) < 4.78 is 6.83. The fourth-order valence-electron chi connectivity index (χ4n) is 1.90. The van der Waals surface area contributed by atoms with E-state index in [1.54, 1.807) is 32.4 Å². The summed E-state index contributed by atoms with van der Waals surface area (Å²) in [6, 6.07) is 1.62. The van der Waals surface area contributed by atoms with Crippen LogP contribution in [0.1, 0.15) is 57.2 Å². The number of nitriles is 1. The van der Waals surface area contributed by atoms with Crippen molar-refractivity contribution >= 4 is 17.4 Å². The quantitative estimate of drug-likeness (QED) is 0.910. The highest BCUT2D eigenvalue weighted by Crippen LogP contribution is 2.21. The van der Waals surface area contributed by atoms with Gasteiger partial charge in [-0.1, -0.05) is 18.3 Å². The van der Waals surface area contributed by atoms with Gasteiger partial charge < -0.3 is 10.1 Å². The van der Waals surface area contributed by atoms with Gasteiger partial charge in [0.25, 0.3) is 0 Å². The Morgan fingerprint density at radius 1 is 1.54 bits per heavy atom. The number of rotatable bonds is 4. The van der Waals surface area contributed by atoms with Crippen molar-refractivity contribution in [1.29, 1.82) is 5.26 Å². The van der Waals surface area contributed by atoms with Crippen LogP contribution < -0.4 is 5.32 Å². The molecule has 0 aliphatic heterocycles. The van der Waals surface area contributed by atoms with Crippen LogP contribution in [0.25, 0.3) is 5.13 Å². The van der Waals surface area contributed by atoms with Gasteiger partial charge in [0.05, 0.1) is 12.2 Å². The van der Waals surface area contributed by atoms with Crippen LogP contribution in [0.4, 0.5) is 4.79 Å². The number of aryl methyl sites for hydroxylation is 1. The molecule has 0 fully saturated rings. The monoisotopic (exact) mass is 348 g/mol. The standard InChI is InChI=1S/C15H20N6O2S/c1-6-11-19-12(9(2)18-14(22)23-15(3,4)5)21(20-11)13-17-8-10(7-16)24-13/h8-9H,6H2,1-5H3,(H,18,22)/t9-/m0/s1. The highest BCUT2D eigenvalue weighted by Gasteiger charge is 2.23.